The van der Waals surface area contributed by atoms with Gasteiger partial charge in [0.1, 0.15) is 5.75 Å². The van der Waals surface area contributed by atoms with Crippen LogP contribution in [0.15, 0.2) is 41.3 Å². The number of rotatable bonds is 6. The summed E-state index contributed by atoms with van der Waals surface area (Å²) in [5, 5.41) is 3.01. The Morgan fingerprint density at radius 2 is 1.61 bits per heavy atom. The zero-order chi connectivity index (χ0) is 22.8. The topological polar surface area (TPSA) is 75.7 Å². The molecule has 1 N–H and O–H groups in total. The molecule has 2 aromatic rings. The smallest absolute Gasteiger partial charge is 0.243 e. The molecule has 3 rings (SSSR count). The van der Waals surface area contributed by atoms with Crippen molar-refractivity contribution in [1.29, 1.82) is 0 Å². The number of nitrogens with one attached hydrogen (secondary N) is 1. The molecular weight excluding hydrogens is 412 g/mol. The molecule has 168 valence electrons. The monoisotopic (exact) mass is 444 g/mol. The predicted molar refractivity (Wildman–Crippen MR) is 122 cm³/mol. The van der Waals surface area contributed by atoms with Gasteiger partial charge in [0.2, 0.25) is 15.9 Å². The fourth-order valence-electron chi connectivity index (χ4n) is 4.29. The fourth-order valence-corrected chi connectivity index (χ4v) is 6.14. The molecule has 7 heteroatoms. The SMILES string of the molecule is COc1ccc(CNC(=O)C2(C)CCN(S(=O)(=O)c3c(C)cc(C)cc3C)CC2)cc1. The van der Waals surface area contributed by atoms with Crippen LogP contribution in [0, 0.1) is 26.2 Å². The first-order valence-electron chi connectivity index (χ1n) is 10.6. The van der Waals surface area contributed by atoms with Crippen molar-refractivity contribution in [3.8, 4) is 5.75 Å². The summed E-state index contributed by atoms with van der Waals surface area (Å²) in [5.41, 5.74) is 2.98. The van der Waals surface area contributed by atoms with Crippen LogP contribution in [0.2, 0.25) is 0 Å². The van der Waals surface area contributed by atoms with Crippen LogP contribution in [0.4, 0.5) is 0 Å². The second-order valence-corrected chi connectivity index (χ2v) is 10.6. The number of benzene rings is 2. The average molecular weight is 445 g/mol. The number of sulfonamides is 1. The zero-order valence-electron chi connectivity index (χ0n) is 19.0. The van der Waals surface area contributed by atoms with Gasteiger partial charge in [-0.1, -0.05) is 36.8 Å². The lowest BCUT2D eigenvalue weighted by Gasteiger charge is -2.38. The van der Waals surface area contributed by atoms with Crippen LogP contribution in [0.3, 0.4) is 0 Å². The third-order valence-corrected chi connectivity index (χ3v) is 8.39. The van der Waals surface area contributed by atoms with Gasteiger partial charge in [0.15, 0.2) is 0 Å². The third kappa shape index (κ3) is 4.93. The number of aryl methyl sites for hydroxylation is 3. The summed E-state index contributed by atoms with van der Waals surface area (Å²) in [4.78, 5) is 13.3. The quantitative estimate of drug-likeness (QED) is 0.737. The lowest BCUT2D eigenvalue weighted by atomic mass is 9.80. The highest BCUT2D eigenvalue weighted by atomic mass is 32.2. The van der Waals surface area contributed by atoms with Crippen molar-refractivity contribution < 1.29 is 17.9 Å². The van der Waals surface area contributed by atoms with E-state index in [4.69, 9.17) is 4.74 Å². The molecule has 2 aromatic carbocycles. The van der Waals surface area contributed by atoms with E-state index >= 15 is 0 Å². The molecule has 31 heavy (non-hydrogen) atoms. The van der Waals surface area contributed by atoms with Gasteiger partial charge in [-0.05, 0) is 62.4 Å². The number of hydrogen-bond donors (Lipinski definition) is 1. The number of ether oxygens (including phenoxy) is 1. The van der Waals surface area contributed by atoms with Crippen molar-refractivity contribution in [2.24, 2.45) is 5.41 Å². The summed E-state index contributed by atoms with van der Waals surface area (Å²) in [5.74, 6) is 0.734. The Balaban J connectivity index is 1.65. The predicted octanol–water partition coefficient (Wildman–Crippen LogP) is 3.73. The first-order chi connectivity index (χ1) is 14.6. The Kier molecular flexibility index (Phi) is 6.76. The molecule has 1 saturated heterocycles. The largest absolute Gasteiger partial charge is 0.497 e. The van der Waals surface area contributed by atoms with E-state index in [-0.39, 0.29) is 5.91 Å². The summed E-state index contributed by atoms with van der Waals surface area (Å²) in [6, 6.07) is 11.4. The molecule has 6 nitrogen and oxygen atoms in total. The van der Waals surface area contributed by atoms with Crippen molar-refractivity contribution >= 4 is 15.9 Å². The molecule has 1 heterocycles. The molecule has 0 spiro atoms. The first-order valence-corrected chi connectivity index (χ1v) is 12.0. The van der Waals surface area contributed by atoms with E-state index < -0.39 is 15.4 Å². The lowest BCUT2D eigenvalue weighted by molar-refractivity contribution is -0.132. The maximum Gasteiger partial charge on any atom is 0.243 e. The van der Waals surface area contributed by atoms with Crippen LogP contribution < -0.4 is 10.1 Å². The van der Waals surface area contributed by atoms with Gasteiger partial charge in [0.05, 0.1) is 12.0 Å². The normalized spacial score (nSPS) is 16.7. The van der Waals surface area contributed by atoms with Crippen LogP contribution in [0.5, 0.6) is 5.75 Å². The molecule has 0 bridgehead atoms. The van der Waals surface area contributed by atoms with Crippen LogP contribution >= 0.6 is 0 Å². The van der Waals surface area contributed by atoms with E-state index in [1.807, 2.05) is 64.1 Å². The molecule has 0 atom stereocenters. The van der Waals surface area contributed by atoms with E-state index in [0.29, 0.717) is 37.4 Å². The highest BCUT2D eigenvalue weighted by Gasteiger charge is 2.40. The summed E-state index contributed by atoms with van der Waals surface area (Å²) in [6.45, 7) is 8.67. The van der Waals surface area contributed by atoms with Crippen molar-refractivity contribution in [2.45, 2.75) is 52.0 Å². The number of piperidine rings is 1. The van der Waals surface area contributed by atoms with Gasteiger partial charge in [-0.15, -0.1) is 0 Å². The van der Waals surface area contributed by atoms with Gasteiger partial charge in [-0.3, -0.25) is 4.79 Å². The lowest BCUT2D eigenvalue weighted by Crippen LogP contribution is -2.48. The van der Waals surface area contributed by atoms with Crippen molar-refractivity contribution in [3.63, 3.8) is 0 Å². The summed E-state index contributed by atoms with van der Waals surface area (Å²) >= 11 is 0. The maximum absolute atomic E-state index is 13.3. The Bertz CT molecular complexity index is 1030. The van der Waals surface area contributed by atoms with Gasteiger partial charge in [-0.25, -0.2) is 8.42 Å². The van der Waals surface area contributed by atoms with Crippen LogP contribution in [0.25, 0.3) is 0 Å². The third-order valence-electron chi connectivity index (χ3n) is 6.19. The Labute approximate surface area is 185 Å². The molecule has 0 unspecified atom stereocenters. The van der Waals surface area contributed by atoms with Gasteiger partial charge < -0.3 is 10.1 Å². The highest BCUT2D eigenvalue weighted by molar-refractivity contribution is 7.89. The maximum atomic E-state index is 13.3. The molecular formula is C24H32N2O4S. The minimum absolute atomic E-state index is 0.0388. The van der Waals surface area contributed by atoms with E-state index in [1.54, 1.807) is 7.11 Å². The molecule has 1 aliphatic heterocycles. The second-order valence-electron chi connectivity index (χ2n) is 8.72. The van der Waals surface area contributed by atoms with Crippen LogP contribution in [-0.2, 0) is 21.4 Å². The number of amides is 1. The van der Waals surface area contributed by atoms with Gasteiger partial charge in [-0.2, -0.15) is 4.31 Å². The van der Waals surface area contributed by atoms with Crippen LogP contribution in [0.1, 0.15) is 42.0 Å². The molecule has 1 amide bonds. The Morgan fingerprint density at radius 1 is 1.06 bits per heavy atom. The van der Waals surface area contributed by atoms with E-state index in [9.17, 15) is 13.2 Å². The van der Waals surface area contributed by atoms with Gasteiger partial charge in [0, 0.05) is 25.0 Å². The summed E-state index contributed by atoms with van der Waals surface area (Å²) in [6.07, 6.45) is 0.981. The van der Waals surface area contributed by atoms with Gasteiger partial charge >= 0.3 is 0 Å². The Hall–Kier alpha value is -2.38. The highest BCUT2D eigenvalue weighted by Crippen LogP contribution is 2.35. The molecule has 1 fully saturated rings. The number of methoxy groups -OCH3 is 1. The number of carbonyl (C=O) groups is 1. The summed E-state index contributed by atoms with van der Waals surface area (Å²) < 4.78 is 33.3. The minimum Gasteiger partial charge on any atom is -0.497 e. The van der Waals surface area contributed by atoms with Crippen LogP contribution in [-0.4, -0.2) is 38.8 Å². The van der Waals surface area contributed by atoms with Crippen molar-refractivity contribution in [1.82, 2.24) is 9.62 Å². The minimum atomic E-state index is -3.59. The number of nitrogens with zero attached hydrogens (tertiary/aromatic N) is 1. The standard InChI is InChI=1S/C24H32N2O4S/c1-17-14-18(2)22(19(3)15-17)31(28,29)26-12-10-24(4,11-13-26)23(27)25-16-20-6-8-21(30-5)9-7-20/h6-9,14-15H,10-13,16H2,1-5H3,(H,25,27). The van der Waals surface area contributed by atoms with Gasteiger partial charge in [0.25, 0.3) is 0 Å². The molecule has 0 aliphatic carbocycles. The number of hydrogen-bond acceptors (Lipinski definition) is 4. The molecule has 0 aromatic heterocycles. The zero-order valence-corrected chi connectivity index (χ0v) is 19.8. The molecule has 0 saturated carbocycles. The fraction of sp³-hybridized carbons (Fsp3) is 0.458. The molecule has 0 radical (unpaired) electrons. The number of carbonyl (C=O) groups excluding carboxylic acids is 1. The summed E-state index contributed by atoms with van der Waals surface area (Å²) in [7, 11) is -1.97. The van der Waals surface area contributed by atoms with E-state index in [1.165, 1.54) is 4.31 Å². The van der Waals surface area contributed by atoms with E-state index in [0.717, 1.165) is 28.0 Å². The van der Waals surface area contributed by atoms with Crippen molar-refractivity contribution in [3.05, 3.63) is 58.7 Å². The van der Waals surface area contributed by atoms with Crippen molar-refractivity contribution in [2.75, 3.05) is 20.2 Å². The second kappa shape index (κ2) is 9.01. The molecule has 1 aliphatic rings. The Morgan fingerprint density at radius 3 is 2.13 bits per heavy atom. The first kappa shape index (κ1) is 23.3. The van der Waals surface area contributed by atoms with E-state index in [2.05, 4.69) is 5.32 Å². The average Bonchev–Trinajstić information content (AvgIpc) is 2.71.